The van der Waals surface area contributed by atoms with Crippen molar-refractivity contribution in [3.8, 4) is 46.0 Å². The fourth-order valence-electron chi connectivity index (χ4n) is 18.8. The molecule has 0 radical (unpaired) electrons. The Morgan fingerprint density at radius 1 is 0.148 bits per heavy atom. The first-order chi connectivity index (χ1) is 63.3. The molecule has 12 nitrogen and oxygen atoms in total. The molecule has 0 saturated heterocycles. The van der Waals surface area contributed by atoms with Gasteiger partial charge in [-0.15, -0.1) is 0 Å². The normalized spacial score (nSPS) is 13.4. The smallest absolute Gasteiger partial charge is 0.164 e. The molecule has 5 heterocycles. The van der Waals surface area contributed by atoms with Gasteiger partial charge in [-0.25, -0.2) is 39.9 Å². The Labute approximate surface area is 770 Å². The molecule has 8 aromatic rings. The van der Waals surface area contributed by atoms with Crippen molar-refractivity contribution >= 4 is 46.7 Å². The molecule has 0 aromatic heterocycles. The molecule has 8 aromatic carbocycles. The first-order valence-corrected chi connectivity index (χ1v) is 51.7. The van der Waals surface area contributed by atoms with Crippen LogP contribution >= 0.6 is 0 Å². The molecule has 680 valence electrons. The zero-order chi connectivity index (χ0) is 88.0. The lowest BCUT2D eigenvalue weighted by Crippen LogP contribution is -2.03. The number of hydrogen-bond acceptors (Lipinski definition) is 12. The summed E-state index contributed by atoms with van der Waals surface area (Å²) < 4.78 is 27.4. The van der Waals surface area contributed by atoms with Gasteiger partial charge in [0.05, 0.1) is 0 Å². The summed E-state index contributed by atoms with van der Waals surface area (Å²) in [7, 11) is 0. The highest BCUT2D eigenvalue weighted by molar-refractivity contribution is 6.35. The Balaban J connectivity index is 0.774. The molecule has 12 heteroatoms. The van der Waals surface area contributed by atoms with Crippen LogP contribution in [0.25, 0.3) is 0 Å². The van der Waals surface area contributed by atoms with Crippen LogP contribution in [0.5, 0.6) is 46.0 Å². The van der Waals surface area contributed by atoms with Crippen LogP contribution in [0, 0.1) is 0 Å². The molecule has 0 N–H and O–H groups in total. The summed E-state index contributed by atoms with van der Waals surface area (Å²) in [4.78, 5) is 43.5. The van der Waals surface area contributed by atoms with Crippen LogP contribution in [0.3, 0.4) is 0 Å². The van der Waals surface area contributed by atoms with Crippen molar-refractivity contribution < 1.29 is 18.9 Å². The summed E-state index contributed by atoms with van der Waals surface area (Å²) in [6, 6.07) is 58.7. The van der Waals surface area contributed by atoms with E-state index in [0.29, 0.717) is 69.7 Å². The minimum Gasteiger partial charge on any atom is -0.457 e. The van der Waals surface area contributed by atoms with Crippen LogP contribution in [-0.4, -0.2) is 46.7 Å². The number of unbranched alkanes of at least 4 members (excludes halogenated alkanes) is 48. The third kappa shape index (κ3) is 31.3. The van der Waals surface area contributed by atoms with Gasteiger partial charge in [0, 0.05) is 44.5 Å². The molecule has 0 unspecified atom stereocenters. The number of amidine groups is 8. The number of aliphatic imine (C=N–C) groups is 8. The number of fused-ring (bicyclic) bond motifs is 16. The van der Waals surface area contributed by atoms with Crippen LogP contribution < -0.4 is 18.9 Å². The number of benzene rings is 8. The second-order valence-corrected chi connectivity index (χ2v) is 37.3. The zero-order valence-corrected chi connectivity index (χ0v) is 79.0. The Kier molecular flexibility index (Phi) is 41.0. The van der Waals surface area contributed by atoms with E-state index in [1.165, 1.54) is 330 Å². The van der Waals surface area contributed by atoms with Crippen LogP contribution in [0.1, 0.15) is 428 Å². The summed E-state index contributed by atoms with van der Waals surface area (Å²) >= 11 is 0. The maximum atomic E-state index is 6.86. The molecule has 0 aliphatic carbocycles. The lowest BCUT2D eigenvalue weighted by molar-refractivity contribution is 0.481. The predicted molar refractivity (Wildman–Crippen MR) is 542 cm³/mol. The first kappa shape index (κ1) is 95.9. The maximum Gasteiger partial charge on any atom is 0.164 e. The molecule has 0 atom stereocenters. The van der Waals surface area contributed by atoms with E-state index in [0.717, 1.165) is 119 Å². The van der Waals surface area contributed by atoms with E-state index < -0.39 is 0 Å². The van der Waals surface area contributed by atoms with E-state index in [9.17, 15) is 0 Å². The molecule has 128 heavy (non-hydrogen) atoms. The van der Waals surface area contributed by atoms with E-state index in [4.69, 9.17) is 58.9 Å². The van der Waals surface area contributed by atoms with Gasteiger partial charge >= 0.3 is 0 Å². The number of rotatable bonds is 64. The number of aryl methyl sites for hydroxylation is 4. The largest absolute Gasteiger partial charge is 0.457 e. The van der Waals surface area contributed by atoms with Gasteiger partial charge in [-0.2, -0.15) is 0 Å². The monoisotopic (exact) mass is 1720 g/mol. The summed E-state index contributed by atoms with van der Waals surface area (Å²) in [5.74, 6) is 9.23. The molecule has 13 rings (SSSR count). The van der Waals surface area contributed by atoms with Crippen molar-refractivity contribution in [1.82, 2.24) is 0 Å². The molecule has 0 spiro atoms. The highest BCUT2D eigenvalue weighted by Gasteiger charge is 2.33. The van der Waals surface area contributed by atoms with Crippen LogP contribution in [0.4, 0.5) is 0 Å². The van der Waals surface area contributed by atoms with E-state index in [-0.39, 0.29) is 0 Å². The maximum absolute atomic E-state index is 6.86. The van der Waals surface area contributed by atoms with Gasteiger partial charge in [0.1, 0.15) is 46.0 Å². The van der Waals surface area contributed by atoms with Gasteiger partial charge < -0.3 is 18.9 Å². The van der Waals surface area contributed by atoms with Gasteiger partial charge in [-0.05, 0) is 195 Å². The van der Waals surface area contributed by atoms with Crippen LogP contribution in [-0.2, 0) is 25.7 Å². The average molecular weight is 1720 g/mol. The molecule has 0 amide bonds. The molecule has 0 fully saturated rings. The summed E-state index contributed by atoms with van der Waals surface area (Å²) in [5, 5.41) is 0. The van der Waals surface area contributed by atoms with Crippen LogP contribution in [0.15, 0.2) is 210 Å². The van der Waals surface area contributed by atoms with Crippen molar-refractivity contribution in [2.24, 2.45) is 39.9 Å². The summed E-state index contributed by atoms with van der Waals surface area (Å²) in [6.45, 7) is 9.18. The van der Waals surface area contributed by atoms with Crippen molar-refractivity contribution in [1.29, 1.82) is 0 Å². The Bertz CT molecular complexity index is 4710. The van der Waals surface area contributed by atoms with Crippen LogP contribution in [0.2, 0.25) is 0 Å². The lowest BCUT2D eigenvalue weighted by atomic mass is 10.0. The second kappa shape index (κ2) is 54.7. The summed E-state index contributed by atoms with van der Waals surface area (Å²) in [5.41, 5.74) is 11.2. The van der Waals surface area contributed by atoms with E-state index >= 15 is 0 Å². The molecule has 8 bridgehead atoms. The average Bonchev–Trinajstić information content (AvgIpc) is 1.60. The molecule has 5 aliphatic heterocycles. The Morgan fingerprint density at radius 3 is 0.469 bits per heavy atom. The standard InChI is InChI=1S/C116H152N8O4/c1-5-9-13-17-21-25-29-33-37-41-45-49-53-61-89-65-57-69-93(81-89)125-97-73-77-101-105(85-97)113-119-109(101)117-110-103-79-75-99(127-95-71-59-67-91(83-95)63-55-51-47-43-39-35-31-27-23-19-15-11-7-3)87-107(103)115(121-110)124-116-108-88-100(128-96-72-60-68-92(84-96)64-56-52-48-44-40-36-32-28-24-20-16-12-8-4)76-80-104(108)112(122-116)118-111-102-78-74-98(86-106(102)114(120-111)123-113)126-94-70-58-66-90(82-94)62-54-50-46-42-38-34-30-26-22-18-14-10-6-2/h57-60,65-88H,5-56,61-64H2,1-4H3. The minimum absolute atomic E-state index is 0.426. The molecule has 5 aliphatic rings. The Hall–Kier alpha value is -9.68. The minimum atomic E-state index is 0.426. The fourth-order valence-corrected chi connectivity index (χ4v) is 18.8. The lowest BCUT2D eigenvalue weighted by Gasteiger charge is -2.11. The SMILES string of the molecule is CCCCCCCCCCCCCCCc1cccc(Oc2ccc3c(c2)C2=NC3=NC3=NC(=NC4=NC(=NC5=NC(=N2)c2cc(Oc6cccc(CCCCCCCCCCCCCCC)c6)ccc25)c2ccc(Oc5cccc(CCCCCCCCCCCCCCC)c5)cc24)c2cc(Oc4cccc(CCCCCCCCCCCCCCC)c4)ccc23)c1. The molecule has 0 saturated carbocycles. The first-order valence-electron chi connectivity index (χ1n) is 51.7. The third-order valence-corrected chi connectivity index (χ3v) is 26.4. The number of nitrogens with zero attached hydrogens (tertiary/aromatic N) is 8. The van der Waals surface area contributed by atoms with Crippen molar-refractivity contribution in [3.05, 3.63) is 237 Å². The van der Waals surface area contributed by atoms with Gasteiger partial charge in [0.2, 0.25) is 0 Å². The van der Waals surface area contributed by atoms with Crippen molar-refractivity contribution in [2.45, 2.75) is 387 Å². The van der Waals surface area contributed by atoms with Crippen molar-refractivity contribution in [2.75, 3.05) is 0 Å². The topological polar surface area (TPSA) is 136 Å². The van der Waals surface area contributed by atoms with E-state index in [1.54, 1.807) is 0 Å². The van der Waals surface area contributed by atoms with Gasteiger partial charge in [0.25, 0.3) is 0 Å². The molecular formula is C116H152N8O4. The highest BCUT2D eigenvalue weighted by Crippen LogP contribution is 2.39. The van der Waals surface area contributed by atoms with Gasteiger partial charge in [-0.1, -0.05) is 384 Å². The third-order valence-electron chi connectivity index (χ3n) is 26.4. The van der Waals surface area contributed by atoms with E-state index in [1.807, 2.05) is 97.1 Å². The van der Waals surface area contributed by atoms with Gasteiger partial charge in [0.15, 0.2) is 46.7 Å². The number of ether oxygens (including phenoxy) is 4. The van der Waals surface area contributed by atoms with E-state index in [2.05, 4.69) is 100 Å². The Morgan fingerprint density at radius 2 is 0.297 bits per heavy atom. The quantitative estimate of drug-likeness (QED) is 0.0351. The molecular weight excluding hydrogens is 1570 g/mol. The second-order valence-electron chi connectivity index (χ2n) is 37.3. The zero-order valence-electron chi connectivity index (χ0n) is 79.0. The number of hydrogen-bond donors (Lipinski definition) is 0. The highest BCUT2D eigenvalue weighted by atomic mass is 16.5. The summed E-state index contributed by atoms with van der Waals surface area (Å²) in [6.07, 6.45) is 73.4. The predicted octanol–water partition coefficient (Wildman–Crippen LogP) is 34.5. The fraction of sp³-hybridized carbons (Fsp3) is 0.517. The van der Waals surface area contributed by atoms with Gasteiger partial charge in [-0.3, -0.25) is 0 Å². The van der Waals surface area contributed by atoms with Crippen molar-refractivity contribution in [3.63, 3.8) is 0 Å².